The van der Waals surface area contributed by atoms with Crippen LogP contribution in [0.3, 0.4) is 0 Å². The minimum atomic E-state index is -0.0870. The molecule has 1 N–H and O–H groups in total. The third kappa shape index (κ3) is 13.6. The van der Waals surface area contributed by atoms with Gasteiger partial charge in [0.15, 0.2) is 0 Å². The van der Waals surface area contributed by atoms with E-state index in [0.29, 0.717) is 5.92 Å². The third-order valence-corrected chi connectivity index (χ3v) is 8.22. The lowest BCUT2D eigenvalue weighted by atomic mass is 9.75. The van der Waals surface area contributed by atoms with Crippen molar-refractivity contribution in [3.63, 3.8) is 0 Å². The van der Waals surface area contributed by atoms with Crippen molar-refractivity contribution in [2.45, 2.75) is 150 Å². The molecule has 0 spiro atoms. The standard InChI is InChI=1S/C30H62O2/c1-8-18-27(19-9-2)28(12-5)30(31)22-17-15-13-14-16-21-25(6)29(20-10-3)26(11-4)23-24-32-7/h25-31H,8-24H2,1-7H3/t25-,26-,28?,29?,30+/m0/s1. The summed E-state index contributed by atoms with van der Waals surface area (Å²) in [5, 5.41) is 10.8. The van der Waals surface area contributed by atoms with E-state index in [1.807, 2.05) is 7.11 Å². The van der Waals surface area contributed by atoms with Gasteiger partial charge >= 0.3 is 0 Å². The zero-order valence-corrected chi connectivity index (χ0v) is 23.3. The summed E-state index contributed by atoms with van der Waals surface area (Å²) in [6, 6.07) is 0. The molecule has 0 saturated carbocycles. The average molecular weight is 455 g/mol. The highest BCUT2D eigenvalue weighted by atomic mass is 16.5. The fourth-order valence-electron chi connectivity index (χ4n) is 6.32. The molecule has 2 heteroatoms. The Balaban J connectivity index is 4.22. The Morgan fingerprint density at radius 2 is 1.16 bits per heavy atom. The molecule has 2 unspecified atom stereocenters. The van der Waals surface area contributed by atoms with E-state index in [9.17, 15) is 5.11 Å². The predicted molar refractivity (Wildman–Crippen MR) is 143 cm³/mol. The van der Waals surface area contributed by atoms with Crippen LogP contribution in [0.1, 0.15) is 144 Å². The van der Waals surface area contributed by atoms with E-state index in [1.54, 1.807) is 0 Å². The number of rotatable bonds is 23. The maximum Gasteiger partial charge on any atom is 0.0570 e. The summed E-state index contributed by atoms with van der Waals surface area (Å²) in [5.74, 6) is 3.75. The van der Waals surface area contributed by atoms with Crippen molar-refractivity contribution in [1.29, 1.82) is 0 Å². The highest BCUT2D eigenvalue weighted by Gasteiger charge is 2.26. The van der Waals surface area contributed by atoms with Crippen molar-refractivity contribution in [2.75, 3.05) is 13.7 Å². The van der Waals surface area contributed by atoms with Gasteiger partial charge in [0.2, 0.25) is 0 Å². The van der Waals surface area contributed by atoms with Gasteiger partial charge in [0.1, 0.15) is 0 Å². The van der Waals surface area contributed by atoms with Crippen LogP contribution in [0.4, 0.5) is 0 Å². The Morgan fingerprint density at radius 1 is 0.594 bits per heavy atom. The molecule has 194 valence electrons. The van der Waals surface area contributed by atoms with Crippen LogP contribution in [-0.2, 0) is 4.74 Å². The van der Waals surface area contributed by atoms with E-state index in [-0.39, 0.29) is 6.10 Å². The maximum absolute atomic E-state index is 10.8. The Labute approximate surface area is 203 Å². The Hall–Kier alpha value is -0.0800. The summed E-state index contributed by atoms with van der Waals surface area (Å²) < 4.78 is 5.38. The molecule has 0 rings (SSSR count). The molecule has 0 aliphatic carbocycles. The van der Waals surface area contributed by atoms with Crippen LogP contribution in [0.25, 0.3) is 0 Å². The van der Waals surface area contributed by atoms with E-state index >= 15 is 0 Å². The smallest absolute Gasteiger partial charge is 0.0570 e. The number of methoxy groups -OCH3 is 1. The summed E-state index contributed by atoms with van der Waals surface area (Å²) in [6.07, 6.45) is 20.2. The number of aliphatic hydroxyl groups is 1. The molecule has 0 aromatic carbocycles. The van der Waals surface area contributed by atoms with Crippen molar-refractivity contribution in [3.8, 4) is 0 Å². The van der Waals surface area contributed by atoms with Gasteiger partial charge in [0.05, 0.1) is 6.10 Å². The van der Waals surface area contributed by atoms with Gasteiger partial charge in [-0.25, -0.2) is 0 Å². The van der Waals surface area contributed by atoms with Crippen LogP contribution in [0.15, 0.2) is 0 Å². The molecule has 0 aromatic rings. The molecule has 0 bridgehead atoms. The fourth-order valence-corrected chi connectivity index (χ4v) is 6.32. The van der Waals surface area contributed by atoms with E-state index in [1.165, 1.54) is 89.9 Å². The SMILES string of the molecule is CCCC(CCC)C(CC)[C@H](O)CCCCCCC[C@H](C)C(CCC)[C@@H](CC)CCOC. The number of unbranched alkanes of at least 4 members (excludes halogenated alkanes) is 4. The number of aliphatic hydroxyl groups excluding tert-OH is 1. The predicted octanol–water partition coefficient (Wildman–Crippen LogP) is 9.44. The Bertz CT molecular complexity index is 377. The number of hydrogen-bond donors (Lipinski definition) is 1. The zero-order chi connectivity index (χ0) is 24.2. The normalized spacial score (nSPS) is 16.8. The first-order valence-electron chi connectivity index (χ1n) is 14.7. The highest BCUT2D eigenvalue weighted by Crippen LogP contribution is 2.34. The largest absolute Gasteiger partial charge is 0.393 e. The topological polar surface area (TPSA) is 29.5 Å². The molecule has 2 nitrogen and oxygen atoms in total. The Kier molecular flexibility index (Phi) is 21.4. The van der Waals surface area contributed by atoms with Crippen LogP contribution < -0.4 is 0 Å². The second kappa shape index (κ2) is 21.5. The minimum Gasteiger partial charge on any atom is -0.393 e. The summed E-state index contributed by atoms with van der Waals surface area (Å²) in [7, 11) is 1.83. The molecule has 32 heavy (non-hydrogen) atoms. The third-order valence-electron chi connectivity index (χ3n) is 8.22. The zero-order valence-electron chi connectivity index (χ0n) is 23.3. The molecule has 0 aliphatic heterocycles. The molecule has 0 aliphatic rings. The molecule has 0 fully saturated rings. The first-order valence-corrected chi connectivity index (χ1v) is 14.7. The second-order valence-corrected chi connectivity index (χ2v) is 10.7. The first-order chi connectivity index (χ1) is 15.5. The molecule has 0 saturated heterocycles. The quantitative estimate of drug-likeness (QED) is 0.156. The monoisotopic (exact) mass is 454 g/mol. The lowest BCUT2D eigenvalue weighted by Crippen LogP contribution is -2.27. The van der Waals surface area contributed by atoms with E-state index in [4.69, 9.17) is 4.74 Å². The lowest BCUT2D eigenvalue weighted by Gasteiger charge is -2.31. The van der Waals surface area contributed by atoms with Crippen LogP contribution in [0.2, 0.25) is 0 Å². The fraction of sp³-hybridized carbons (Fsp3) is 1.00. The van der Waals surface area contributed by atoms with Gasteiger partial charge in [-0.2, -0.15) is 0 Å². The van der Waals surface area contributed by atoms with E-state index in [0.717, 1.165) is 43.1 Å². The number of ether oxygens (including phenoxy) is 1. The van der Waals surface area contributed by atoms with Crippen molar-refractivity contribution < 1.29 is 9.84 Å². The minimum absolute atomic E-state index is 0.0870. The van der Waals surface area contributed by atoms with E-state index < -0.39 is 0 Å². The average Bonchev–Trinajstić information content (AvgIpc) is 2.78. The van der Waals surface area contributed by atoms with Crippen molar-refractivity contribution in [3.05, 3.63) is 0 Å². The van der Waals surface area contributed by atoms with Crippen LogP contribution >= 0.6 is 0 Å². The summed E-state index contributed by atoms with van der Waals surface area (Å²) in [4.78, 5) is 0. The molecule has 0 amide bonds. The highest BCUT2D eigenvalue weighted by molar-refractivity contribution is 4.77. The van der Waals surface area contributed by atoms with E-state index in [2.05, 4.69) is 41.5 Å². The summed E-state index contributed by atoms with van der Waals surface area (Å²) in [6.45, 7) is 15.0. The van der Waals surface area contributed by atoms with Crippen LogP contribution in [0.5, 0.6) is 0 Å². The molecular formula is C30H62O2. The number of hydrogen-bond acceptors (Lipinski definition) is 2. The van der Waals surface area contributed by atoms with Crippen molar-refractivity contribution in [2.24, 2.45) is 29.6 Å². The molecule has 0 radical (unpaired) electrons. The van der Waals surface area contributed by atoms with Gasteiger partial charge in [-0.15, -0.1) is 0 Å². The van der Waals surface area contributed by atoms with Crippen molar-refractivity contribution >= 4 is 0 Å². The van der Waals surface area contributed by atoms with Crippen molar-refractivity contribution in [1.82, 2.24) is 0 Å². The van der Waals surface area contributed by atoms with Gasteiger partial charge in [-0.3, -0.25) is 0 Å². The van der Waals surface area contributed by atoms with Crippen LogP contribution in [0, 0.1) is 29.6 Å². The van der Waals surface area contributed by atoms with Gasteiger partial charge in [-0.05, 0) is 42.4 Å². The van der Waals surface area contributed by atoms with Gasteiger partial charge in [0, 0.05) is 13.7 Å². The second-order valence-electron chi connectivity index (χ2n) is 10.7. The van der Waals surface area contributed by atoms with Crippen LogP contribution in [-0.4, -0.2) is 24.9 Å². The molecule has 0 heterocycles. The lowest BCUT2D eigenvalue weighted by molar-refractivity contribution is 0.0535. The maximum atomic E-state index is 10.8. The summed E-state index contributed by atoms with van der Waals surface area (Å²) in [5.41, 5.74) is 0. The van der Waals surface area contributed by atoms with Gasteiger partial charge < -0.3 is 9.84 Å². The van der Waals surface area contributed by atoms with Gasteiger partial charge in [0.25, 0.3) is 0 Å². The van der Waals surface area contributed by atoms with Gasteiger partial charge in [-0.1, -0.05) is 131 Å². The molecular weight excluding hydrogens is 392 g/mol. The molecule has 5 atom stereocenters. The Morgan fingerprint density at radius 3 is 1.66 bits per heavy atom. The molecule has 0 aromatic heterocycles. The first kappa shape index (κ1) is 31.9. The summed E-state index contributed by atoms with van der Waals surface area (Å²) >= 11 is 0.